The van der Waals surface area contributed by atoms with Crippen LogP contribution in [-0.2, 0) is 14.8 Å². The number of carbonyl (C=O) groups is 1. The van der Waals surface area contributed by atoms with E-state index in [0.717, 1.165) is 10.8 Å². The highest BCUT2D eigenvalue weighted by atomic mass is 32.2. The number of benzene rings is 2. The predicted molar refractivity (Wildman–Crippen MR) is 83.0 cm³/mol. The van der Waals surface area contributed by atoms with E-state index >= 15 is 0 Å². The summed E-state index contributed by atoms with van der Waals surface area (Å²) in [5.41, 5.74) is 0. The first-order valence-corrected chi connectivity index (χ1v) is 8.68. The standard InChI is InChI=1S/C16H17NO4S/c18-16(19)13-5-7-14(9-13)17-22(20,21)15-8-6-11-3-1-2-4-12(11)10-15/h1-4,6,8,10,13-14,17H,5,7,9H2,(H,18,19). The lowest BCUT2D eigenvalue weighted by molar-refractivity contribution is -0.141. The molecule has 2 unspecified atom stereocenters. The molecule has 116 valence electrons. The van der Waals surface area contributed by atoms with Crippen molar-refractivity contribution in [2.45, 2.75) is 30.2 Å². The van der Waals surface area contributed by atoms with Crippen LogP contribution in [0, 0.1) is 5.92 Å². The monoisotopic (exact) mass is 319 g/mol. The molecule has 1 fully saturated rings. The highest BCUT2D eigenvalue weighted by molar-refractivity contribution is 7.89. The first-order chi connectivity index (χ1) is 10.5. The van der Waals surface area contributed by atoms with Crippen LogP contribution in [0.3, 0.4) is 0 Å². The smallest absolute Gasteiger partial charge is 0.306 e. The van der Waals surface area contributed by atoms with E-state index < -0.39 is 21.9 Å². The van der Waals surface area contributed by atoms with E-state index in [4.69, 9.17) is 5.11 Å². The minimum absolute atomic E-state index is 0.213. The number of fused-ring (bicyclic) bond motifs is 1. The van der Waals surface area contributed by atoms with Crippen LogP contribution in [0.1, 0.15) is 19.3 Å². The van der Waals surface area contributed by atoms with Crippen molar-refractivity contribution in [2.24, 2.45) is 5.92 Å². The van der Waals surface area contributed by atoms with Crippen molar-refractivity contribution in [1.29, 1.82) is 0 Å². The summed E-state index contributed by atoms with van der Waals surface area (Å²) in [7, 11) is -3.63. The Labute approximate surface area is 129 Å². The summed E-state index contributed by atoms with van der Waals surface area (Å²) in [6.45, 7) is 0. The summed E-state index contributed by atoms with van der Waals surface area (Å²) in [5, 5.41) is 10.8. The summed E-state index contributed by atoms with van der Waals surface area (Å²) in [5.74, 6) is -1.31. The number of rotatable bonds is 4. The Balaban J connectivity index is 1.81. The van der Waals surface area contributed by atoms with E-state index in [9.17, 15) is 13.2 Å². The molecule has 0 aliphatic heterocycles. The zero-order valence-corrected chi connectivity index (χ0v) is 12.7. The molecule has 2 atom stereocenters. The molecule has 0 spiro atoms. The molecule has 6 heteroatoms. The summed E-state index contributed by atoms with van der Waals surface area (Å²) in [6.07, 6.45) is 1.42. The topological polar surface area (TPSA) is 83.5 Å². The first kappa shape index (κ1) is 15.0. The fourth-order valence-electron chi connectivity index (χ4n) is 2.93. The van der Waals surface area contributed by atoms with Gasteiger partial charge >= 0.3 is 5.97 Å². The Kier molecular flexibility index (Phi) is 3.88. The van der Waals surface area contributed by atoms with Crippen LogP contribution >= 0.6 is 0 Å². The van der Waals surface area contributed by atoms with Gasteiger partial charge in [0.2, 0.25) is 10.0 Å². The summed E-state index contributed by atoms with van der Waals surface area (Å²) < 4.78 is 27.5. The molecule has 0 bridgehead atoms. The number of sulfonamides is 1. The maximum atomic E-state index is 12.4. The van der Waals surface area contributed by atoms with Crippen molar-refractivity contribution < 1.29 is 18.3 Å². The summed E-state index contributed by atoms with van der Waals surface area (Å²) in [4.78, 5) is 11.2. The Hall–Kier alpha value is -1.92. The van der Waals surface area contributed by atoms with Crippen LogP contribution in [-0.4, -0.2) is 25.5 Å². The van der Waals surface area contributed by atoms with Gasteiger partial charge in [-0.05, 0) is 42.2 Å². The minimum Gasteiger partial charge on any atom is -0.481 e. The Morgan fingerprint density at radius 3 is 2.50 bits per heavy atom. The van der Waals surface area contributed by atoms with Gasteiger partial charge in [-0.2, -0.15) is 0 Å². The van der Waals surface area contributed by atoms with E-state index in [2.05, 4.69) is 4.72 Å². The Morgan fingerprint density at radius 2 is 1.82 bits per heavy atom. The molecule has 0 heterocycles. The molecule has 3 rings (SSSR count). The van der Waals surface area contributed by atoms with Gasteiger partial charge in [-0.25, -0.2) is 13.1 Å². The summed E-state index contributed by atoms with van der Waals surface area (Å²) >= 11 is 0. The lowest BCUT2D eigenvalue weighted by Crippen LogP contribution is -2.33. The number of nitrogens with one attached hydrogen (secondary N) is 1. The van der Waals surface area contributed by atoms with Crippen molar-refractivity contribution in [3.8, 4) is 0 Å². The lowest BCUT2D eigenvalue weighted by Gasteiger charge is -2.13. The molecule has 2 aromatic rings. The molecule has 22 heavy (non-hydrogen) atoms. The Morgan fingerprint density at radius 1 is 1.09 bits per heavy atom. The van der Waals surface area contributed by atoms with Crippen LogP contribution in [0.5, 0.6) is 0 Å². The molecule has 5 nitrogen and oxygen atoms in total. The quantitative estimate of drug-likeness (QED) is 0.906. The number of aliphatic carboxylic acids is 1. The molecule has 2 N–H and O–H groups in total. The molecule has 0 amide bonds. The second-order valence-electron chi connectivity index (χ2n) is 5.68. The number of hydrogen-bond donors (Lipinski definition) is 2. The van der Waals surface area contributed by atoms with Gasteiger partial charge in [-0.3, -0.25) is 4.79 Å². The van der Waals surface area contributed by atoms with Gasteiger partial charge in [0.05, 0.1) is 10.8 Å². The van der Waals surface area contributed by atoms with Crippen molar-refractivity contribution in [3.05, 3.63) is 42.5 Å². The number of hydrogen-bond acceptors (Lipinski definition) is 3. The summed E-state index contributed by atoms with van der Waals surface area (Å²) in [6, 6.07) is 12.2. The van der Waals surface area contributed by atoms with Crippen LogP contribution in [0.2, 0.25) is 0 Å². The van der Waals surface area contributed by atoms with E-state index in [-0.39, 0.29) is 10.9 Å². The van der Waals surface area contributed by atoms with Crippen molar-refractivity contribution in [3.63, 3.8) is 0 Å². The van der Waals surface area contributed by atoms with Crippen LogP contribution in [0.4, 0.5) is 0 Å². The number of carboxylic acids is 1. The van der Waals surface area contributed by atoms with E-state index in [1.165, 1.54) is 0 Å². The maximum absolute atomic E-state index is 12.4. The van der Waals surface area contributed by atoms with Gasteiger partial charge in [-0.15, -0.1) is 0 Å². The van der Waals surface area contributed by atoms with Crippen molar-refractivity contribution in [1.82, 2.24) is 4.72 Å². The predicted octanol–water partition coefficient (Wildman–Crippen LogP) is 2.37. The zero-order chi connectivity index (χ0) is 15.7. The van der Waals surface area contributed by atoms with Gasteiger partial charge in [-0.1, -0.05) is 30.3 Å². The third kappa shape index (κ3) is 2.98. The molecule has 0 aromatic heterocycles. The zero-order valence-electron chi connectivity index (χ0n) is 11.9. The fourth-order valence-corrected chi connectivity index (χ4v) is 4.25. The number of carboxylic acid groups (broad SMARTS) is 1. The van der Waals surface area contributed by atoms with E-state index in [1.807, 2.05) is 24.3 Å². The second kappa shape index (κ2) is 5.70. The van der Waals surface area contributed by atoms with Crippen LogP contribution < -0.4 is 4.72 Å². The van der Waals surface area contributed by atoms with Crippen LogP contribution in [0.15, 0.2) is 47.4 Å². The van der Waals surface area contributed by atoms with Gasteiger partial charge in [0.15, 0.2) is 0 Å². The molecule has 0 saturated heterocycles. The van der Waals surface area contributed by atoms with Crippen LogP contribution in [0.25, 0.3) is 10.8 Å². The largest absolute Gasteiger partial charge is 0.481 e. The van der Waals surface area contributed by atoms with Crippen molar-refractivity contribution >= 4 is 26.8 Å². The molecule has 2 aromatic carbocycles. The third-order valence-corrected chi connectivity index (χ3v) is 5.65. The molecule has 0 radical (unpaired) electrons. The maximum Gasteiger partial charge on any atom is 0.306 e. The van der Waals surface area contributed by atoms with Gasteiger partial charge in [0, 0.05) is 6.04 Å². The molecule has 1 aliphatic carbocycles. The lowest BCUT2D eigenvalue weighted by atomic mass is 10.1. The average molecular weight is 319 g/mol. The molecule has 1 aliphatic rings. The van der Waals surface area contributed by atoms with E-state index in [0.29, 0.717) is 19.3 Å². The van der Waals surface area contributed by atoms with Gasteiger partial charge < -0.3 is 5.11 Å². The highest BCUT2D eigenvalue weighted by Gasteiger charge is 2.32. The average Bonchev–Trinajstić information content (AvgIpc) is 2.95. The molecular weight excluding hydrogens is 302 g/mol. The normalized spacial score (nSPS) is 22.0. The Bertz CT molecular complexity index is 816. The van der Waals surface area contributed by atoms with Gasteiger partial charge in [0.25, 0.3) is 0 Å². The fraction of sp³-hybridized carbons (Fsp3) is 0.312. The second-order valence-corrected chi connectivity index (χ2v) is 7.39. The third-order valence-electron chi connectivity index (χ3n) is 4.13. The van der Waals surface area contributed by atoms with Crippen molar-refractivity contribution in [2.75, 3.05) is 0 Å². The van der Waals surface area contributed by atoms with E-state index in [1.54, 1.807) is 18.2 Å². The molecular formula is C16H17NO4S. The van der Waals surface area contributed by atoms with Gasteiger partial charge in [0.1, 0.15) is 0 Å². The SMILES string of the molecule is O=C(O)C1CCC(NS(=O)(=O)c2ccc3ccccc3c2)C1. The highest BCUT2D eigenvalue weighted by Crippen LogP contribution is 2.27. The first-order valence-electron chi connectivity index (χ1n) is 7.20. The molecule has 1 saturated carbocycles. The minimum atomic E-state index is -3.63.